The standard InChI is InChI=1S/C9H18N2S2/c1-2-10-9(12)11-7-8-3-5-13-6-4-8/h8H,2-7H2,1H3,(H2,10,11,12). The molecule has 1 aliphatic rings. The highest BCUT2D eigenvalue weighted by Crippen LogP contribution is 2.21. The average Bonchev–Trinajstić information content (AvgIpc) is 2.17. The first-order chi connectivity index (χ1) is 6.33. The van der Waals surface area contributed by atoms with Gasteiger partial charge >= 0.3 is 0 Å². The Labute approximate surface area is 90.2 Å². The maximum atomic E-state index is 5.09. The van der Waals surface area contributed by atoms with E-state index in [-0.39, 0.29) is 0 Å². The topological polar surface area (TPSA) is 24.1 Å². The van der Waals surface area contributed by atoms with E-state index in [1.54, 1.807) is 0 Å². The molecule has 1 heterocycles. The van der Waals surface area contributed by atoms with Crippen LogP contribution in [0.4, 0.5) is 0 Å². The highest BCUT2D eigenvalue weighted by Gasteiger charge is 2.13. The molecule has 0 amide bonds. The SMILES string of the molecule is CCNC(=S)NCC1CCSCC1. The molecule has 1 saturated heterocycles. The molecule has 13 heavy (non-hydrogen) atoms. The number of thiocarbonyl (C=S) groups is 1. The summed E-state index contributed by atoms with van der Waals surface area (Å²) < 4.78 is 0. The Morgan fingerprint density at radius 1 is 1.38 bits per heavy atom. The Morgan fingerprint density at radius 2 is 2.08 bits per heavy atom. The zero-order valence-electron chi connectivity index (χ0n) is 8.14. The second-order valence-corrected chi connectivity index (χ2v) is 4.93. The number of nitrogens with one attached hydrogen (secondary N) is 2. The van der Waals surface area contributed by atoms with Gasteiger partial charge in [-0.15, -0.1) is 0 Å². The summed E-state index contributed by atoms with van der Waals surface area (Å²) in [5, 5.41) is 7.17. The first-order valence-electron chi connectivity index (χ1n) is 4.92. The van der Waals surface area contributed by atoms with Crippen LogP contribution in [0.5, 0.6) is 0 Å². The van der Waals surface area contributed by atoms with Crippen LogP contribution in [0, 0.1) is 5.92 Å². The van der Waals surface area contributed by atoms with Gasteiger partial charge in [0.25, 0.3) is 0 Å². The molecule has 1 aliphatic heterocycles. The van der Waals surface area contributed by atoms with E-state index in [2.05, 4.69) is 29.3 Å². The fourth-order valence-corrected chi connectivity index (χ4v) is 2.84. The molecule has 0 radical (unpaired) electrons. The second-order valence-electron chi connectivity index (χ2n) is 3.30. The van der Waals surface area contributed by atoms with Crippen molar-refractivity contribution in [1.82, 2.24) is 10.6 Å². The average molecular weight is 218 g/mol. The molecule has 0 unspecified atom stereocenters. The quantitative estimate of drug-likeness (QED) is 0.703. The first-order valence-corrected chi connectivity index (χ1v) is 6.48. The van der Waals surface area contributed by atoms with Crippen LogP contribution in [0.3, 0.4) is 0 Å². The molecule has 0 spiro atoms. The Morgan fingerprint density at radius 3 is 2.69 bits per heavy atom. The van der Waals surface area contributed by atoms with Gasteiger partial charge in [0, 0.05) is 13.1 Å². The van der Waals surface area contributed by atoms with Gasteiger partial charge in [0.05, 0.1) is 0 Å². The van der Waals surface area contributed by atoms with Crippen molar-refractivity contribution in [2.45, 2.75) is 19.8 Å². The van der Waals surface area contributed by atoms with E-state index in [0.717, 1.165) is 24.1 Å². The van der Waals surface area contributed by atoms with E-state index in [4.69, 9.17) is 12.2 Å². The fourth-order valence-electron chi connectivity index (χ4n) is 1.41. The minimum absolute atomic E-state index is 0.806. The lowest BCUT2D eigenvalue weighted by Gasteiger charge is -2.22. The van der Waals surface area contributed by atoms with Gasteiger partial charge in [-0.25, -0.2) is 0 Å². The molecule has 76 valence electrons. The number of hydrogen-bond donors (Lipinski definition) is 2. The van der Waals surface area contributed by atoms with Crippen LogP contribution < -0.4 is 10.6 Å². The maximum Gasteiger partial charge on any atom is 0.166 e. The van der Waals surface area contributed by atoms with Gasteiger partial charge in [0.2, 0.25) is 0 Å². The summed E-state index contributed by atoms with van der Waals surface area (Å²) in [6.45, 7) is 4.02. The number of hydrogen-bond acceptors (Lipinski definition) is 2. The van der Waals surface area contributed by atoms with Gasteiger partial charge in [-0.2, -0.15) is 11.8 Å². The van der Waals surface area contributed by atoms with Crippen molar-refractivity contribution in [3.8, 4) is 0 Å². The molecule has 0 atom stereocenters. The van der Waals surface area contributed by atoms with E-state index in [1.807, 2.05) is 0 Å². The molecule has 0 aliphatic carbocycles. The third kappa shape index (κ3) is 4.72. The highest BCUT2D eigenvalue weighted by atomic mass is 32.2. The van der Waals surface area contributed by atoms with Crippen LogP contribution in [-0.4, -0.2) is 29.7 Å². The molecule has 2 N–H and O–H groups in total. The molecule has 0 saturated carbocycles. The second kappa shape index (κ2) is 6.49. The van der Waals surface area contributed by atoms with Gasteiger partial charge in [-0.05, 0) is 49.4 Å². The summed E-state index contributed by atoms with van der Waals surface area (Å²) in [5.74, 6) is 3.47. The summed E-state index contributed by atoms with van der Waals surface area (Å²) in [6.07, 6.45) is 2.68. The van der Waals surface area contributed by atoms with Gasteiger partial charge in [0.15, 0.2) is 5.11 Å². The van der Waals surface area contributed by atoms with Crippen molar-refractivity contribution in [3.63, 3.8) is 0 Å². The van der Waals surface area contributed by atoms with Crippen molar-refractivity contribution in [1.29, 1.82) is 0 Å². The number of rotatable bonds is 3. The summed E-state index contributed by atoms with van der Waals surface area (Å²) in [6, 6.07) is 0. The lowest BCUT2D eigenvalue weighted by Crippen LogP contribution is -2.38. The third-order valence-electron chi connectivity index (χ3n) is 2.23. The summed E-state index contributed by atoms with van der Waals surface area (Å²) in [4.78, 5) is 0. The first kappa shape index (κ1) is 11.1. The molecule has 0 aromatic heterocycles. The van der Waals surface area contributed by atoms with Crippen LogP contribution in [0.1, 0.15) is 19.8 Å². The van der Waals surface area contributed by atoms with Crippen LogP contribution in [0.2, 0.25) is 0 Å². The van der Waals surface area contributed by atoms with E-state index >= 15 is 0 Å². The monoisotopic (exact) mass is 218 g/mol. The van der Waals surface area contributed by atoms with E-state index < -0.39 is 0 Å². The lowest BCUT2D eigenvalue weighted by atomic mass is 10.0. The largest absolute Gasteiger partial charge is 0.363 e. The van der Waals surface area contributed by atoms with E-state index in [1.165, 1.54) is 24.3 Å². The zero-order chi connectivity index (χ0) is 9.52. The van der Waals surface area contributed by atoms with Crippen molar-refractivity contribution in [3.05, 3.63) is 0 Å². The molecule has 1 rings (SSSR count). The smallest absolute Gasteiger partial charge is 0.166 e. The van der Waals surface area contributed by atoms with Gasteiger partial charge in [-0.1, -0.05) is 0 Å². The van der Waals surface area contributed by atoms with Crippen LogP contribution in [0.25, 0.3) is 0 Å². The minimum Gasteiger partial charge on any atom is -0.363 e. The van der Waals surface area contributed by atoms with Gasteiger partial charge in [0.1, 0.15) is 0 Å². The summed E-state index contributed by atoms with van der Waals surface area (Å²) in [5.41, 5.74) is 0. The van der Waals surface area contributed by atoms with E-state index in [9.17, 15) is 0 Å². The van der Waals surface area contributed by atoms with Crippen molar-refractivity contribution in [2.24, 2.45) is 5.92 Å². The molecule has 0 aromatic carbocycles. The van der Waals surface area contributed by atoms with Crippen molar-refractivity contribution >= 4 is 29.1 Å². The number of thioether (sulfide) groups is 1. The van der Waals surface area contributed by atoms with Crippen molar-refractivity contribution < 1.29 is 0 Å². The highest BCUT2D eigenvalue weighted by molar-refractivity contribution is 7.99. The fraction of sp³-hybridized carbons (Fsp3) is 0.889. The third-order valence-corrected chi connectivity index (χ3v) is 3.57. The molecule has 4 heteroatoms. The predicted molar refractivity (Wildman–Crippen MR) is 64.3 cm³/mol. The Hall–Kier alpha value is 0.0400. The van der Waals surface area contributed by atoms with Crippen LogP contribution in [0.15, 0.2) is 0 Å². The van der Waals surface area contributed by atoms with Crippen LogP contribution >= 0.6 is 24.0 Å². The molecule has 2 nitrogen and oxygen atoms in total. The van der Waals surface area contributed by atoms with E-state index in [0.29, 0.717) is 0 Å². The predicted octanol–water partition coefficient (Wildman–Crippen LogP) is 1.61. The summed E-state index contributed by atoms with van der Waals surface area (Å²) in [7, 11) is 0. The molecule has 1 fully saturated rings. The molecular formula is C9H18N2S2. The minimum atomic E-state index is 0.806. The van der Waals surface area contributed by atoms with Crippen molar-refractivity contribution in [2.75, 3.05) is 24.6 Å². The maximum absolute atomic E-state index is 5.09. The lowest BCUT2D eigenvalue weighted by molar-refractivity contribution is 0.481. The Kier molecular flexibility index (Phi) is 5.55. The zero-order valence-corrected chi connectivity index (χ0v) is 9.77. The molecule has 0 bridgehead atoms. The molecule has 0 aromatic rings. The van der Waals surface area contributed by atoms with Crippen LogP contribution in [-0.2, 0) is 0 Å². The van der Waals surface area contributed by atoms with Gasteiger partial charge < -0.3 is 10.6 Å². The molecular weight excluding hydrogens is 200 g/mol. The van der Waals surface area contributed by atoms with Gasteiger partial charge in [-0.3, -0.25) is 0 Å². The Bertz CT molecular complexity index is 156. The summed E-state index contributed by atoms with van der Waals surface area (Å²) >= 11 is 7.16. The normalized spacial score (nSPS) is 18.2. The Balaban J connectivity index is 2.06.